The molecule has 3 saturated heterocycles. The third kappa shape index (κ3) is 2.99. The summed E-state index contributed by atoms with van der Waals surface area (Å²) < 4.78 is 0. The van der Waals surface area contributed by atoms with E-state index in [9.17, 15) is 0 Å². The molecule has 3 aliphatic rings. The smallest absolute Gasteiger partial charge is 0.0111 e. The van der Waals surface area contributed by atoms with Crippen LogP contribution >= 0.6 is 11.8 Å². The molecule has 3 rings (SSSR count). The second-order valence-electron chi connectivity index (χ2n) is 5.92. The van der Waals surface area contributed by atoms with Crippen molar-refractivity contribution in [2.45, 2.75) is 50.6 Å². The standard InChI is InChI=1S/C14H26N2S/c1-2-14(15-7-1)12-3-8-16(9-4-12)13-5-10-17-11-6-13/h12-15H,1-11H2. The Bertz CT molecular complexity index is 226. The van der Waals surface area contributed by atoms with Crippen molar-refractivity contribution in [3.8, 4) is 0 Å². The van der Waals surface area contributed by atoms with Crippen molar-refractivity contribution in [1.29, 1.82) is 0 Å². The van der Waals surface area contributed by atoms with E-state index >= 15 is 0 Å². The Morgan fingerprint density at radius 2 is 1.71 bits per heavy atom. The van der Waals surface area contributed by atoms with Gasteiger partial charge in [-0.1, -0.05) is 0 Å². The van der Waals surface area contributed by atoms with E-state index in [1.165, 1.54) is 69.7 Å². The number of nitrogens with one attached hydrogen (secondary N) is 1. The average Bonchev–Trinajstić information content (AvgIpc) is 2.94. The van der Waals surface area contributed by atoms with Crippen molar-refractivity contribution in [1.82, 2.24) is 10.2 Å². The van der Waals surface area contributed by atoms with Crippen LogP contribution in [0.1, 0.15) is 38.5 Å². The van der Waals surface area contributed by atoms with Gasteiger partial charge >= 0.3 is 0 Å². The first-order valence-electron chi connectivity index (χ1n) is 7.48. The zero-order valence-electron chi connectivity index (χ0n) is 10.9. The first-order chi connectivity index (χ1) is 8.43. The fourth-order valence-corrected chi connectivity index (χ4v) is 4.93. The monoisotopic (exact) mass is 254 g/mol. The highest BCUT2D eigenvalue weighted by molar-refractivity contribution is 7.99. The zero-order chi connectivity index (χ0) is 11.5. The van der Waals surface area contributed by atoms with Crippen LogP contribution in [0.2, 0.25) is 0 Å². The molecule has 3 aliphatic heterocycles. The second kappa shape index (κ2) is 5.94. The van der Waals surface area contributed by atoms with E-state index in [2.05, 4.69) is 22.0 Å². The van der Waals surface area contributed by atoms with E-state index in [-0.39, 0.29) is 0 Å². The molecule has 1 N–H and O–H groups in total. The summed E-state index contributed by atoms with van der Waals surface area (Å²) in [6.45, 7) is 4.01. The number of hydrogen-bond donors (Lipinski definition) is 1. The molecule has 98 valence electrons. The summed E-state index contributed by atoms with van der Waals surface area (Å²) >= 11 is 2.15. The number of likely N-dealkylation sites (tertiary alicyclic amines) is 1. The maximum atomic E-state index is 3.70. The quantitative estimate of drug-likeness (QED) is 0.814. The van der Waals surface area contributed by atoms with Gasteiger partial charge in [-0.15, -0.1) is 0 Å². The fourth-order valence-electron chi connectivity index (χ4n) is 3.85. The van der Waals surface area contributed by atoms with Gasteiger partial charge in [0.05, 0.1) is 0 Å². The van der Waals surface area contributed by atoms with E-state index in [0.29, 0.717) is 0 Å². The van der Waals surface area contributed by atoms with Gasteiger partial charge in [0.2, 0.25) is 0 Å². The topological polar surface area (TPSA) is 15.3 Å². The highest BCUT2D eigenvalue weighted by atomic mass is 32.2. The minimum absolute atomic E-state index is 0.860. The first-order valence-corrected chi connectivity index (χ1v) is 8.64. The van der Waals surface area contributed by atoms with Gasteiger partial charge in [0.15, 0.2) is 0 Å². The summed E-state index contributed by atoms with van der Waals surface area (Å²) in [6.07, 6.45) is 8.62. The summed E-state index contributed by atoms with van der Waals surface area (Å²) in [6, 6.07) is 1.78. The largest absolute Gasteiger partial charge is 0.314 e. The average molecular weight is 254 g/mol. The van der Waals surface area contributed by atoms with Gasteiger partial charge in [-0.2, -0.15) is 11.8 Å². The molecule has 0 aromatic carbocycles. The van der Waals surface area contributed by atoms with Crippen LogP contribution in [0, 0.1) is 5.92 Å². The molecule has 2 nitrogen and oxygen atoms in total. The number of hydrogen-bond acceptors (Lipinski definition) is 3. The SMILES string of the molecule is C1CNC(C2CCN(C3CCSCC3)CC2)C1. The number of piperidine rings is 1. The molecule has 0 bridgehead atoms. The van der Waals surface area contributed by atoms with E-state index in [0.717, 1.165) is 18.0 Å². The van der Waals surface area contributed by atoms with E-state index in [4.69, 9.17) is 0 Å². The van der Waals surface area contributed by atoms with E-state index < -0.39 is 0 Å². The Kier molecular flexibility index (Phi) is 4.30. The van der Waals surface area contributed by atoms with Gasteiger partial charge in [-0.3, -0.25) is 0 Å². The molecular formula is C14H26N2S. The molecule has 1 atom stereocenters. The van der Waals surface area contributed by atoms with Crippen LogP contribution in [0.3, 0.4) is 0 Å². The van der Waals surface area contributed by atoms with Crippen molar-refractivity contribution in [3.63, 3.8) is 0 Å². The maximum Gasteiger partial charge on any atom is 0.0111 e. The Morgan fingerprint density at radius 3 is 2.35 bits per heavy atom. The van der Waals surface area contributed by atoms with Crippen molar-refractivity contribution < 1.29 is 0 Å². The molecule has 0 radical (unpaired) electrons. The molecule has 0 saturated carbocycles. The van der Waals surface area contributed by atoms with E-state index in [1.54, 1.807) is 0 Å². The minimum atomic E-state index is 0.860. The predicted molar refractivity (Wildman–Crippen MR) is 75.7 cm³/mol. The van der Waals surface area contributed by atoms with E-state index in [1.807, 2.05) is 0 Å². The Morgan fingerprint density at radius 1 is 0.941 bits per heavy atom. The summed E-state index contributed by atoms with van der Waals surface area (Å²) in [5.74, 6) is 3.77. The van der Waals surface area contributed by atoms with Gasteiger partial charge in [0, 0.05) is 12.1 Å². The minimum Gasteiger partial charge on any atom is -0.314 e. The molecule has 0 amide bonds. The van der Waals surface area contributed by atoms with Gasteiger partial charge in [-0.05, 0) is 75.6 Å². The molecule has 3 fully saturated rings. The van der Waals surface area contributed by atoms with Crippen LogP contribution in [-0.4, -0.2) is 48.1 Å². The Labute approximate surface area is 110 Å². The van der Waals surface area contributed by atoms with Gasteiger partial charge < -0.3 is 10.2 Å². The van der Waals surface area contributed by atoms with Crippen molar-refractivity contribution in [3.05, 3.63) is 0 Å². The molecule has 17 heavy (non-hydrogen) atoms. The predicted octanol–water partition coefficient (Wildman–Crippen LogP) is 2.35. The van der Waals surface area contributed by atoms with Gasteiger partial charge in [0.1, 0.15) is 0 Å². The van der Waals surface area contributed by atoms with Crippen LogP contribution in [0.4, 0.5) is 0 Å². The molecular weight excluding hydrogens is 228 g/mol. The third-order valence-electron chi connectivity index (χ3n) is 4.95. The van der Waals surface area contributed by atoms with Crippen LogP contribution in [0.15, 0.2) is 0 Å². The van der Waals surface area contributed by atoms with Crippen molar-refractivity contribution >= 4 is 11.8 Å². The molecule has 0 aromatic heterocycles. The highest BCUT2D eigenvalue weighted by Crippen LogP contribution is 2.29. The second-order valence-corrected chi connectivity index (χ2v) is 7.14. The lowest BCUT2D eigenvalue weighted by molar-refractivity contribution is 0.113. The maximum absolute atomic E-state index is 3.70. The van der Waals surface area contributed by atoms with Crippen molar-refractivity contribution in [2.75, 3.05) is 31.1 Å². The summed E-state index contributed by atoms with van der Waals surface area (Å²) in [7, 11) is 0. The highest BCUT2D eigenvalue weighted by Gasteiger charge is 2.31. The lowest BCUT2D eigenvalue weighted by Crippen LogP contribution is -2.46. The lowest BCUT2D eigenvalue weighted by atomic mass is 9.87. The van der Waals surface area contributed by atoms with Gasteiger partial charge in [-0.25, -0.2) is 0 Å². The first kappa shape index (κ1) is 12.3. The zero-order valence-corrected chi connectivity index (χ0v) is 11.7. The normalized spacial score (nSPS) is 34.2. The summed E-state index contributed by atoms with van der Waals surface area (Å²) in [5.41, 5.74) is 0. The third-order valence-corrected chi connectivity index (χ3v) is 6.00. The number of thioether (sulfide) groups is 1. The van der Waals surface area contributed by atoms with Crippen LogP contribution < -0.4 is 5.32 Å². The van der Waals surface area contributed by atoms with Crippen LogP contribution in [0.25, 0.3) is 0 Å². The lowest BCUT2D eigenvalue weighted by Gasteiger charge is -2.40. The number of nitrogens with zero attached hydrogens (tertiary/aromatic N) is 1. The Balaban J connectivity index is 1.46. The molecule has 3 heteroatoms. The van der Waals surface area contributed by atoms with Gasteiger partial charge in [0.25, 0.3) is 0 Å². The molecule has 0 spiro atoms. The fraction of sp³-hybridized carbons (Fsp3) is 1.00. The van der Waals surface area contributed by atoms with Crippen molar-refractivity contribution in [2.24, 2.45) is 5.92 Å². The van der Waals surface area contributed by atoms with Crippen LogP contribution in [-0.2, 0) is 0 Å². The molecule has 1 unspecified atom stereocenters. The number of rotatable bonds is 2. The Hall–Kier alpha value is 0.270. The summed E-state index contributed by atoms with van der Waals surface area (Å²) in [5, 5.41) is 3.70. The van der Waals surface area contributed by atoms with Crippen LogP contribution in [0.5, 0.6) is 0 Å². The molecule has 0 aromatic rings. The molecule has 3 heterocycles. The molecule has 0 aliphatic carbocycles. The summed E-state index contributed by atoms with van der Waals surface area (Å²) in [4.78, 5) is 2.80.